The average molecular weight is 322 g/mol. The summed E-state index contributed by atoms with van der Waals surface area (Å²) in [6, 6.07) is 18.4. The van der Waals surface area contributed by atoms with Crippen LogP contribution in [-0.4, -0.2) is 20.8 Å². The SMILES string of the molecule is FC(F)(F)C#C[As](c1ccccc1)c1ccccc1. The first-order chi connectivity index (χ1) is 9.06. The van der Waals surface area contributed by atoms with Crippen LogP contribution in [0.15, 0.2) is 60.7 Å². The fourth-order valence-electron chi connectivity index (χ4n) is 1.55. The molecule has 0 spiro atoms. The first-order valence-corrected chi connectivity index (χ1v) is 8.37. The zero-order valence-electron chi connectivity index (χ0n) is 9.85. The van der Waals surface area contributed by atoms with Gasteiger partial charge in [0, 0.05) is 0 Å². The molecular formula is C15H10AsF3. The van der Waals surface area contributed by atoms with Crippen LogP contribution in [0.5, 0.6) is 0 Å². The van der Waals surface area contributed by atoms with Crippen LogP contribution in [0.25, 0.3) is 0 Å². The van der Waals surface area contributed by atoms with E-state index in [1.54, 1.807) is 0 Å². The maximum absolute atomic E-state index is 12.3. The Bertz CT molecular complexity index is 540. The molecule has 0 radical (unpaired) electrons. The number of rotatable bonds is 2. The van der Waals surface area contributed by atoms with Crippen LogP contribution >= 0.6 is 0 Å². The van der Waals surface area contributed by atoms with E-state index in [0.717, 1.165) is 8.70 Å². The van der Waals surface area contributed by atoms with E-state index < -0.39 is 20.8 Å². The van der Waals surface area contributed by atoms with Gasteiger partial charge in [-0.15, -0.1) is 0 Å². The molecule has 4 heteroatoms. The van der Waals surface area contributed by atoms with E-state index in [2.05, 4.69) is 4.71 Å². The number of hydrogen-bond donors (Lipinski definition) is 0. The Kier molecular flexibility index (Phi) is 4.34. The van der Waals surface area contributed by atoms with Crippen LogP contribution < -0.4 is 8.70 Å². The minimum absolute atomic E-state index is 0.901. The minimum atomic E-state index is -4.43. The molecular weight excluding hydrogens is 312 g/mol. The average Bonchev–Trinajstić information content (AvgIpc) is 2.40. The normalized spacial score (nSPS) is 10.9. The van der Waals surface area contributed by atoms with Crippen molar-refractivity contribution >= 4 is 23.4 Å². The van der Waals surface area contributed by atoms with Gasteiger partial charge in [0.15, 0.2) is 0 Å². The fourth-order valence-corrected chi connectivity index (χ4v) is 5.19. The van der Waals surface area contributed by atoms with Gasteiger partial charge in [-0.3, -0.25) is 0 Å². The van der Waals surface area contributed by atoms with Crippen LogP contribution in [0.3, 0.4) is 0 Å². The number of hydrogen-bond acceptors (Lipinski definition) is 0. The first kappa shape index (κ1) is 13.8. The molecule has 0 fully saturated rings. The third-order valence-electron chi connectivity index (χ3n) is 2.34. The zero-order chi connectivity index (χ0) is 13.7. The van der Waals surface area contributed by atoms with Crippen molar-refractivity contribution < 1.29 is 13.2 Å². The standard InChI is InChI=1S/C15H10AsF3/c17-15(18,19)11-12-16(13-7-3-1-4-8-13)14-9-5-2-6-10-14/h1-10H. The quantitative estimate of drug-likeness (QED) is 0.588. The molecule has 2 aromatic carbocycles. The Balaban J connectivity index is 2.42. The molecule has 0 aliphatic carbocycles. The van der Waals surface area contributed by atoms with Crippen LogP contribution in [0.4, 0.5) is 13.2 Å². The van der Waals surface area contributed by atoms with Crippen LogP contribution in [0, 0.1) is 10.6 Å². The van der Waals surface area contributed by atoms with Gasteiger partial charge in [-0.05, 0) is 0 Å². The van der Waals surface area contributed by atoms with E-state index in [1.807, 2.05) is 60.7 Å². The molecule has 0 N–H and O–H groups in total. The summed E-state index contributed by atoms with van der Waals surface area (Å²) in [5, 5.41) is 0. The molecule has 0 unspecified atom stereocenters. The molecule has 0 amide bonds. The number of halogens is 3. The molecule has 0 atom stereocenters. The van der Waals surface area contributed by atoms with E-state index in [1.165, 1.54) is 5.92 Å². The molecule has 0 bridgehead atoms. The maximum atomic E-state index is 12.3. The molecule has 0 aliphatic rings. The Morgan fingerprint density at radius 1 is 0.737 bits per heavy atom. The summed E-state index contributed by atoms with van der Waals surface area (Å²) < 4.78 is 41.2. The van der Waals surface area contributed by atoms with Gasteiger partial charge in [0.2, 0.25) is 0 Å². The molecule has 0 aliphatic heterocycles. The third kappa shape index (κ3) is 4.19. The number of alkyl halides is 3. The van der Waals surface area contributed by atoms with Crippen molar-refractivity contribution in [2.24, 2.45) is 0 Å². The predicted molar refractivity (Wildman–Crippen MR) is 71.7 cm³/mol. The second kappa shape index (κ2) is 5.99. The Labute approximate surface area is 114 Å². The first-order valence-electron chi connectivity index (χ1n) is 5.56. The van der Waals surface area contributed by atoms with Gasteiger partial charge in [-0.1, -0.05) is 0 Å². The second-order valence-corrected chi connectivity index (χ2v) is 7.78. The molecule has 0 saturated carbocycles. The Morgan fingerprint density at radius 2 is 1.16 bits per heavy atom. The molecule has 19 heavy (non-hydrogen) atoms. The van der Waals surface area contributed by atoms with Gasteiger partial charge in [0.25, 0.3) is 0 Å². The van der Waals surface area contributed by atoms with Crippen LogP contribution in [-0.2, 0) is 0 Å². The van der Waals surface area contributed by atoms with Crippen molar-refractivity contribution in [3.05, 3.63) is 60.7 Å². The number of benzene rings is 2. The predicted octanol–water partition coefficient (Wildman–Crippen LogP) is 2.40. The Morgan fingerprint density at radius 3 is 1.53 bits per heavy atom. The molecule has 0 saturated heterocycles. The van der Waals surface area contributed by atoms with E-state index in [-0.39, 0.29) is 0 Å². The monoisotopic (exact) mass is 322 g/mol. The van der Waals surface area contributed by atoms with E-state index in [9.17, 15) is 13.2 Å². The Hall–Kier alpha value is -1.65. The third-order valence-corrected chi connectivity index (χ3v) is 6.46. The molecule has 0 nitrogen and oxygen atoms in total. The van der Waals surface area contributed by atoms with Crippen molar-refractivity contribution in [3.63, 3.8) is 0 Å². The summed E-state index contributed by atoms with van der Waals surface area (Å²) in [5.41, 5.74) is 0. The summed E-state index contributed by atoms with van der Waals surface area (Å²) in [5.74, 6) is 1.43. The topological polar surface area (TPSA) is 0 Å². The van der Waals surface area contributed by atoms with Gasteiger partial charge >= 0.3 is 114 Å². The molecule has 0 aromatic heterocycles. The van der Waals surface area contributed by atoms with E-state index >= 15 is 0 Å². The summed E-state index contributed by atoms with van der Waals surface area (Å²) in [4.78, 5) is 0. The van der Waals surface area contributed by atoms with Crippen molar-refractivity contribution in [1.29, 1.82) is 0 Å². The van der Waals surface area contributed by atoms with Crippen molar-refractivity contribution in [1.82, 2.24) is 0 Å². The van der Waals surface area contributed by atoms with Crippen LogP contribution in [0.2, 0.25) is 0 Å². The van der Waals surface area contributed by atoms with E-state index in [0.29, 0.717) is 0 Å². The van der Waals surface area contributed by atoms with Gasteiger partial charge in [0.1, 0.15) is 0 Å². The van der Waals surface area contributed by atoms with Gasteiger partial charge in [-0.2, -0.15) is 0 Å². The van der Waals surface area contributed by atoms with Crippen molar-refractivity contribution in [3.8, 4) is 10.6 Å². The summed E-state index contributed by atoms with van der Waals surface area (Å²) in [6.07, 6.45) is -4.43. The summed E-state index contributed by atoms with van der Waals surface area (Å²) in [7, 11) is 0. The van der Waals surface area contributed by atoms with Gasteiger partial charge in [0.05, 0.1) is 0 Å². The molecule has 2 aromatic rings. The fraction of sp³-hybridized carbons (Fsp3) is 0.0667. The van der Waals surface area contributed by atoms with Crippen molar-refractivity contribution in [2.45, 2.75) is 6.18 Å². The van der Waals surface area contributed by atoms with Crippen LogP contribution in [0.1, 0.15) is 0 Å². The molecule has 2 rings (SSSR count). The van der Waals surface area contributed by atoms with Gasteiger partial charge < -0.3 is 0 Å². The second-order valence-electron chi connectivity index (χ2n) is 3.74. The summed E-state index contributed by atoms with van der Waals surface area (Å²) in [6.45, 7) is 0. The molecule has 0 heterocycles. The summed E-state index contributed by atoms with van der Waals surface area (Å²) >= 11 is -2.21. The zero-order valence-corrected chi connectivity index (χ0v) is 11.7. The van der Waals surface area contributed by atoms with E-state index in [4.69, 9.17) is 0 Å². The van der Waals surface area contributed by atoms with Crippen molar-refractivity contribution in [2.75, 3.05) is 0 Å². The van der Waals surface area contributed by atoms with Gasteiger partial charge in [-0.25, -0.2) is 0 Å². The molecule has 96 valence electrons.